The van der Waals surface area contributed by atoms with E-state index < -0.39 is 28.7 Å². The zero-order valence-corrected chi connectivity index (χ0v) is 18.1. The maximum absolute atomic E-state index is 13.2. The summed E-state index contributed by atoms with van der Waals surface area (Å²) in [6.07, 6.45) is 1.53. The van der Waals surface area contributed by atoms with Crippen LogP contribution in [0.4, 0.5) is 0 Å². The Bertz CT molecular complexity index is 1140. The fourth-order valence-corrected chi connectivity index (χ4v) is 5.06. The van der Waals surface area contributed by atoms with Crippen molar-refractivity contribution in [3.05, 3.63) is 53.4 Å². The molecule has 10 nitrogen and oxygen atoms in total. The third kappa shape index (κ3) is 3.44. The molecule has 3 heterocycles. The summed E-state index contributed by atoms with van der Waals surface area (Å²) in [6, 6.07) is 8.85. The van der Waals surface area contributed by atoms with Crippen molar-refractivity contribution in [3.8, 4) is 11.3 Å². The van der Waals surface area contributed by atoms with Gasteiger partial charge in [0, 0.05) is 31.0 Å². The van der Waals surface area contributed by atoms with Gasteiger partial charge in [-0.1, -0.05) is 35.5 Å². The molecule has 1 aromatic carbocycles. The maximum Gasteiger partial charge on any atom is 0.342 e. The summed E-state index contributed by atoms with van der Waals surface area (Å²) >= 11 is 1.21. The normalized spacial score (nSPS) is 21.8. The van der Waals surface area contributed by atoms with Gasteiger partial charge < -0.3 is 25.2 Å². The van der Waals surface area contributed by atoms with Gasteiger partial charge in [0.2, 0.25) is 11.4 Å². The Morgan fingerprint density at radius 2 is 2.03 bits per heavy atom. The average molecular weight is 456 g/mol. The summed E-state index contributed by atoms with van der Waals surface area (Å²) in [7, 11) is 0. The predicted octanol–water partition coefficient (Wildman–Crippen LogP) is 1.14. The Morgan fingerprint density at radius 1 is 1.31 bits per heavy atom. The van der Waals surface area contributed by atoms with Gasteiger partial charge in [0.15, 0.2) is 0 Å². The van der Waals surface area contributed by atoms with Gasteiger partial charge in [-0.15, -0.1) is 11.8 Å². The Hall–Kier alpha value is -3.60. The maximum atomic E-state index is 13.2. The molecule has 0 saturated carbocycles. The number of rotatable bonds is 6. The van der Waals surface area contributed by atoms with E-state index in [1.165, 1.54) is 29.8 Å². The van der Waals surface area contributed by atoms with Crippen molar-refractivity contribution >= 4 is 35.5 Å². The van der Waals surface area contributed by atoms with E-state index in [-0.39, 0.29) is 29.5 Å². The molecule has 2 atom stereocenters. The molecular weight excluding hydrogens is 436 g/mol. The van der Waals surface area contributed by atoms with Crippen molar-refractivity contribution in [2.24, 2.45) is 0 Å². The number of carboxylic acid groups (broad SMARTS) is 1. The van der Waals surface area contributed by atoms with E-state index >= 15 is 0 Å². The monoisotopic (exact) mass is 456 g/mol. The molecule has 166 valence electrons. The molecule has 3 amide bonds. The van der Waals surface area contributed by atoms with E-state index in [2.05, 4.69) is 15.8 Å². The number of benzene rings is 1. The molecule has 2 aromatic rings. The summed E-state index contributed by atoms with van der Waals surface area (Å²) in [5.74, 6) is -2.56. The van der Waals surface area contributed by atoms with Gasteiger partial charge in [0.05, 0.1) is 0 Å². The molecule has 1 fully saturated rings. The molecule has 2 aliphatic rings. The number of hydrogen-bond donors (Lipinski definition) is 3. The molecule has 32 heavy (non-hydrogen) atoms. The number of aryl methyl sites for hydroxylation is 1. The number of fused-ring (bicyclic) bond motifs is 1. The SMILES string of the molecule is CC(=O)NCC1=CN2C(=O)C(NC(=O)c3c(-c4ccccc4)noc3C)(C(=O)O)[C@@H]2SC1. The largest absolute Gasteiger partial charge is 0.479 e. The number of amides is 3. The first-order valence-electron chi connectivity index (χ1n) is 9.71. The highest BCUT2D eigenvalue weighted by Gasteiger charge is 2.68. The van der Waals surface area contributed by atoms with Crippen molar-refractivity contribution in [2.75, 3.05) is 12.3 Å². The summed E-state index contributed by atoms with van der Waals surface area (Å²) in [4.78, 5) is 50.7. The molecule has 2 aliphatic heterocycles. The molecular formula is C21H20N4O6S. The lowest BCUT2D eigenvalue weighted by molar-refractivity contribution is -0.166. The first-order chi connectivity index (χ1) is 15.3. The van der Waals surface area contributed by atoms with Crippen LogP contribution in [0.5, 0.6) is 0 Å². The van der Waals surface area contributed by atoms with Crippen molar-refractivity contribution in [3.63, 3.8) is 0 Å². The van der Waals surface area contributed by atoms with Crippen LogP contribution in [0.25, 0.3) is 11.3 Å². The standard InChI is InChI=1S/C21H20N4O6S/c1-11-15(16(24-31-11)14-6-4-3-5-7-14)17(27)23-21(20(29)30)18(28)25-9-13(8-22-12(2)26)10-32-19(21)25/h3-7,9,19H,8,10H2,1-2H3,(H,22,26)(H,23,27)(H,29,30)/t19-,21?/m0/s1. The van der Waals surface area contributed by atoms with Crippen LogP contribution in [-0.4, -0.2) is 62.1 Å². The van der Waals surface area contributed by atoms with Crippen LogP contribution in [-0.2, 0) is 14.4 Å². The average Bonchev–Trinajstić information content (AvgIpc) is 3.17. The molecule has 3 N–H and O–H groups in total. The quantitative estimate of drug-likeness (QED) is 0.434. The number of nitrogens with one attached hydrogen (secondary N) is 2. The lowest BCUT2D eigenvalue weighted by Crippen LogP contribution is -2.81. The van der Waals surface area contributed by atoms with Crippen molar-refractivity contribution in [1.82, 2.24) is 20.7 Å². The number of nitrogens with zero attached hydrogens (tertiary/aromatic N) is 2. The number of thioether (sulfide) groups is 1. The molecule has 11 heteroatoms. The number of carbonyl (C=O) groups excluding carboxylic acids is 3. The smallest absolute Gasteiger partial charge is 0.342 e. The Kier molecular flexibility index (Phi) is 5.51. The topological polar surface area (TPSA) is 142 Å². The van der Waals surface area contributed by atoms with Crippen LogP contribution < -0.4 is 10.6 Å². The summed E-state index contributed by atoms with van der Waals surface area (Å²) in [5, 5.41) is 18.2. The van der Waals surface area contributed by atoms with E-state index in [1.54, 1.807) is 31.2 Å². The summed E-state index contributed by atoms with van der Waals surface area (Å²) in [5.41, 5.74) is -0.390. The lowest BCUT2D eigenvalue weighted by atomic mass is 9.87. The second-order valence-electron chi connectivity index (χ2n) is 7.47. The fraction of sp³-hybridized carbons (Fsp3) is 0.286. The van der Waals surface area contributed by atoms with E-state index in [4.69, 9.17) is 4.52 Å². The second kappa shape index (κ2) is 8.15. The van der Waals surface area contributed by atoms with Crippen molar-refractivity contribution in [1.29, 1.82) is 0 Å². The predicted molar refractivity (Wildman–Crippen MR) is 114 cm³/mol. The molecule has 1 saturated heterocycles. The summed E-state index contributed by atoms with van der Waals surface area (Å²) < 4.78 is 5.19. The zero-order valence-electron chi connectivity index (χ0n) is 17.2. The van der Waals surface area contributed by atoms with Gasteiger partial charge in [-0.05, 0) is 12.5 Å². The van der Waals surface area contributed by atoms with Crippen LogP contribution in [0, 0.1) is 6.92 Å². The number of hydrogen-bond acceptors (Lipinski definition) is 7. The summed E-state index contributed by atoms with van der Waals surface area (Å²) in [6.45, 7) is 3.18. The Morgan fingerprint density at radius 3 is 2.69 bits per heavy atom. The van der Waals surface area contributed by atoms with Crippen LogP contribution in [0.15, 0.2) is 46.6 Å². The second-order valence-corrected chi connectivity index (χ2v) is 8.54. The fourth-order valence-electron chi connectivity index (χ4n) is 3.68. The minimum Gasteiger partial charge on any atom is -0.479 e. The molecule has 1 aromatic heterocycles. The van der Waals surface area contributed by atoms with E-state index in [0.717, 1.165) is 5.57 Å². The van der Waals surface area contributed by atoms with Crippen LogP contribution in [0.1, 0.15) is 23.0 Å². The third-order valence-corrected chi connectivity index (χ3v) is 6.73. The Balaban J connectivity index is 1.61. The highest BCUT2D eigenvalue weighted by Crippen LogP contribution is 2.43. The van der Waals surface area contributed by atoms with Crippen LogP contribution in [0.2, 0.25) is 0 Å². The molecule has 1 unspecified atom stereocenters. The molecule has 0 bridgehead atoms. The number of aliphatic carboxylic acids is 1. The van der Waals surface area contributed by atoms with Gasteiger partial charge >= 0.3 is 5.97 Å². The minimum absolute atomic E-state index is 0.0748. The first-order valence-corrected chi connectivity index (χ1v) is 10.8. The van der Waals surface area contributed by atoms with Crippen LogP contribution >= 0.6 is 11.8 Å². The van der Waals surface area contributed by atoms with E-state index in [9.17, 15) is 24.3 Å². The Labute approximate surface area is 187 Å². The number of β-lactam (4-membered cyclic amide) rings is 1. The lowest BCUT2D eigenvalue weighted by Gasteiger charge is -2.53. The molecule has 4 rings (SSSR count). The molecule has 0 aliphatic carbocycles. The van der Waals surface area contributed by atoms with Gasteiger partial charge in [-0.25, -0.2) is 4.79 Å². The van der Waals surface area contributed by atoms with E-state index in [0.29, 0.717) is 11.3 Å². The van der Waals surface area contributed by atoms with Gasteiger partial charge in [-0.2, -0.15) is 0 Å². The van der Waals surface area contributed by atoms with Crippen LogP contribution in [0.3, 0.4) is 0 Å². The molecule has 0 radical (unpaired) electrons. The van der Waals surface area contributed by atoms with E-state index in [1.807, 2.05) is 6.07 Å². The van der Waals surface area contributed by atoms with Gasteiger partial charge in [0.1, 0.15) is 22.4 Å². The van der Waals surface area contributed by atoms with Gasteiger partial charge in [0.25, 0.3) is 11.8 Å². The van der Waals surface area contributed by atoms with Crippen molar-refractivity contribution in [2.45, 2.75) is 24.8 Å². The molecule has 0 spiro atoms. The zero-order chi connectivity index (χ0) is 23.0. The van der Waals surface area contributed by atoms with Gasteiger partial charge in [-0.3, -0.25) is 14.4 Å². The highest BCUT2D eigenvalue weighted by molar-refractivity contribution is 8.00. The number of carboxylic acids is 1. The van der Waals surface area contributed by atoms with Crippen molar-refractivity contribution < 1.29 is 28.8 Å². The number of aromatic nitrogens is 1. The first kappa shape index (κ1) is 21.6. The highest BCUT2D eigenvalue weighted by atomic mass is 32.2. The minimum atomic E-state index is -2.12. The number of carbonyl (C=O) groups is 4. The third-order valence-electron chi connectivity index (χ3n) is 5.29.